The predicted octanol–water partition coefficient (Wildman–Crippen LogP) is 0.918. The summed E-state index contributed by atoms with van der Waals surface area (Å²) in [6.07, 6.45) is 1.87. The number of likely N-dealkylation sites (tertiary alicyclic amines) is 1. The Morgan fingerprint density at radius 3 is 2.39 bits per heavy atom. The van der Waals surface area contributed by atoms with Crippen LogP contribution in [0.1, 0.15) is 26.7 Å². The van der Waals surface area contributed by atoms with E-state index in [2.05, 4.69) is 19.2 Å². The van der Waals surface area contributed by atoms with E-state index in [1.54, 1.807) is 4.90 Å². The highest BCUT2D eigenvalue weighted by Gasteiger charge is 2.29. The van der Waals surface area contributed by atoms with Crippen LogP contribution in [0, 0.1) is 5.41 Å². The first-order valence-electron chi connectivity index (χ1n) is 6.13. The summed E-state index contributed by atoms with van der Waals surface area (Å²) in [7, 11) is 1.41. The molecule has 0 aromatic rings. The van der Waals surface area contributed by atoms with Crippen molar-refractivity contribution < 1.29 is 19.4 Å². The van der Waals surface area contributed by atoms with Crippen LogP contribution < -0.4 is 5.32 Å². The van der Waals surface area contributed by atoms with Gasteiger partial charge in [-0.1, -0.05) is 13.8 Å². The van der Waals surface area contributed by atoms with Gasteiger partial charge in [0, 0.05) is 20.2 Å². The molecule has 2 N–H and O–H groups in total. The van der Waals surface area contributed by atoms with Gasteiger partial charge in [-0.15, -0.1) is 0 Å². The van der Waals surface area contributed by atoms with Gasteiger partial charge in [0.25, 0.3) is 0 Å². The van der Waals surface area contributed by atoms with Crippen molar-refractivity contribution in [1.82, 2.24) is 10.2 Å². The van der Waals surface area contributed by atoms with Crippen molar-refractivity contribution in [2.24, 2.45) is 5.41 Å². The molecule has 0 aliphatic carbocycles. The molecule has 1 rings (SSSR count). The zero-order valence-electron chi connectivity index (χ0n) is 11.2. The number of aliphatic carboxylic acids is 1. The van der Waals surface area contributed by atoms with Gasteiger partial charge in [0.05, 0.1) is 6.61 Å². The quantitative estimate of drug-likeness (QED) is 0.786. The van der Waals surface area contributed by atoms with E-state index < -0.39 is 12.0 Å². The number of hydrogen-bond donors (Lipinski definition) is 2. The summed E-state index contributed by atoms with van der Waals surface area (Å²) >= 11 is 0. The van der Waals surface area contributed by atoms with Crippen molar-refractivity contribution in [2.75, 3.05) is 26.8 Å². The zero-order valence-corrected chi connectivity index (χ0v) is 11.2. The standard InChI is InChI=1S/C12H22N2O4/c1-12(2)4-6-14(7-5-12)11(17)13-9(8-18-3)10(15)16/h9H,4-8H2,1-3H3,(H,13,17)(H,15,16). The molecule has 1 atom stereocenters. The second kappa shape index (κ2) is 6.04. The molecule has 18 heavy (non-hydrogen) atoms. The zero-order chi connectivity index (χ0) is 13.8. The number of amides is 2. The SMILES string of the molecule is COCC(NC(=O)N1CCC(C)(C)CC1)C(=O)O. The van der Waals surface area contributed by atoms with Crippen LogP contribution in [0.25, 0.3) is 0 Å². The Morgan fingerprint density at radius 2 is 1.94 bits per heavy atom. The van der Waals surface area contributed by atoms with E-state index in [0.717, 1.165) is 12.8 Å². The summed E-state index contributed by atoms with van der Waals surface area (Å²) < 4.78 is 4.77. The molecule has 0 bridgehead atoms. The highest BCUT2D eigenvalue weighted by Crippen LogP contribution is 2.29. The Morgan fingerprint density at radius 1 is 1.39 bits per heavy atom. The number of urea groups is 1. The molecule has 104 valence electrons. The number of nitrogens with one attached hydrogen (secondary N) is 1. The van der Waals surface area contributed by atoms with Crippen LogP contribution in [0.2, 0.25) is 0 Å². The lowest BCUT2D eigenvalue weighted by atomic mass is 9.83. The van der Waals surface area contributed by atoms with Gasteiger partial charge in [-0.3, -0.25) is 0 Å². The van der Waals surface area contributed by atoms with E-state index in [9.17, 15) is 9.59 Å². The van der Waals surface area contributed by atoms with Crippen molar-refractivity contribution in [3.63, 3.8) is 0 Å². The number of carboxylic acids is 1. The van der Waals surface area contributed by atoms with Crippen LogP contribution >= 0.6 is 0 Å². The Bertz CT molecular complexity index is 307. The van der Waals surface area contributed by atoms with Crippen LogP contribution in [0.3, 0.4) is 0 Å². The van der Waals surface area contributed by atoms with Gasteiger partial charge in [0.1, 0.15) is 0 Å². The van der Waals surface area contributed by atoms with Gasteiger partial charge in [-0.2, -0.15) is 0 Å². The molecule has 1 fully saturated rings. The molecule has 0 radical (unpaired) electrons. The van der Waals surface area contributed by atoms with E-state index in [0.29, 0.717) is 13.1 Å². The van der Waals surface area contributed by atoms with Crippen molar-refractivity contribution >= 4 is 12.0 Å². The van der Waals surface area contributed by atoms with E-state index in [1.807, 2.05) is 0 Å². The normalized spacial score (nSPS) is 20.3. The number of methoxy groups -OCH3 is 1. The average molecular weight is 258 g/mol. The number of carboxylic acid groups (broad SMARTS) is 1. The number of nitrogens with zero attached hydrogens (tertiary/aromatic N) is 1. The van der Waals surface area contributed by atoms with Crippen molar-refractivity contribution in [3.8, 4) is 0 Å². The summed E-state index contributed by atoms with van der Waals surface area (Å²) in [5, 5.41) is 11.4. The van der Waals surface area contributed by atoms with Crippen LogP contribution in [-0.2, 0) is 9.53 Å². The number of hydrogen-bond acceptors (Lipinski definition) is 3. The molecule has 1 heterocycles. The Kier molecular flexibility index (Phi) is 4.95. The first-order valence-corrected chi connectivity index (χ1v) is 6.13. The molecule has 1 aliphatic rings. The minimum atomic E-state index is -1.08. The molecule has 0 aromatic heterocycles. The Balaban J connectivity index is 2.47. The first-order chi connectivity index (χ1) is 8.35. The fourth-order valence-electron chi connectivity index (χ4n) is 1.90. The number of rotatable bonds is 4. The third-order valence-electron chi connectivity index (χ3n) is 3.33. The second-order valence-electron chi connectivity index (χ2n) is 5.45. The van der Waals surface area contributed by atoms with E-state index in [1.165, 1.54) is 7.11 Å². The van der Waals surface area contributed by atoms with Crippen molar-refractivity contribution in [3.05, 3.63) is 0 Å². The minimum absolute atomic E-state index is 0.0274. The molecule has 1 unspecified atom stereocenters. The highest BCUT2D eigenvalue weighted by atomic mass is 16.5. The topological polar surface area (TPSA) is 78.9 Å². The van der Waals surface area contributed by atoms with Gasteiger partial charge >= 0.3 is 12.0 Å². The lowest BCUT2D eigenvalue weighted by Gasteiger charge is -2.37. The molecule has 1 aliphatic heterocycles. The summed E-state index contributed by atoms with van der Waals surface area (Å²) in [6.45, 7) is 5.65. The van der Waals surface area contributed by atoms with E-state index in [-0.39, 0.29) is 18.1 Å². The largest absolute Gasteiger partial charge is 0.480 e. The molecule has 0 aromatic carbocycles. The molecular weight excluding hydrogens is 236 g/mol. The van der Waals surface area contributed by atoms with Crippen molar-refractivity contribution in [2.45, 2.75) is 32.7 Å². The number of carbonyl (C=O) groups is 2. The monoisotopic (exact) mass is 258 g/mol. The molecule has 0 spiro atoms. The molecule has 0 saturated carbocycles. The van der Waals surface area contributed by atoms with E-state index in [4.69, 9.17) is 9.84 Å². The third kappa shape index (κ3) is 4.18. The Hall–Kier alpha value is -1.30. The van der Waals surface area contributed by atoms with Crippen LogP contribution in [0.5, 0.6) is 0 Å². The van der Waals surface area contributed by atoms with Gasteiger partial charge in [0.2, 0.25) is 0 Å². The maximum absolute atomic E-state index is 11.9. The molecule has 6 nitrogen and oxygen atoms in total. The average Bonchev–Trinajstić information content (AvgIpc) is 2.28. The summed E-state index contributed by atoms with van der Waals surface area (Å²) in [4.78, 5) is 24.5. The summed E-state index contributed by atoms with van der Waals surface area (Å²) in [5.74, 6) is -1.08. The smallest absolute Gasteiger partial charge is 0.328 e. The van der Waals surface area contributed by atoms with Gasteiger partial charge in [-0.25, -0.2) is 9.59 Å². The molecule has 6 heteroatoms. The van der Waals surface area contributed by atoms with Crippen LogP contribution in [-0.4, -0.2) is 54.9 Å². The molecular formula is C12H22N2O4. The van der Waals surface area contributed by atoms with Gasteiger partial charge in [0.15, 0.2) is 6.04 Å². The van der Waals surface area contributed by atoms with Crippen LogP contribution in [0.4, 0.5) is 4.79 Å². The maximum atomic E-state index is 11.9. The van der Waals surface area contributed by atoms with E-state index >= 15 is 0 Å². The van der Waals surface area contributed by atoms with Crippen LogP contribution in [0.15, 0.2) is 0 Å². The second-order valence-corrected chi connectivity index (χ2v) is 5.45. The minimum Gasteiger partial charge on any atom is -0.480 e. The third-order valence-corrected chi connectivity index (χ3v) is 3.33. The molecule has 1 saturated heterocycles. The predicted molar refractivity (Wildman–Crippen MR) is 66.4 cm³/mol. The number of piperidine rings is 1. The highest BCUT2D eigenvalue weighted by molar-refractivity contribution is 5.82. The molecule has 2 amide bonds. The lowest BCUT2D eigenvalue weighted by molar-refractivity contribution is -0.140. The van der Waals surface area contributed by atoms with Crippen molar-refractivity contribution in [1.29, 1.82) is 0 Å². The first kappa shape index (κ1) is 14.8. The fourth-order valence-corrected chi connectivity index (χ4v) is 1.90. The number of ether oxygens (including phenoxy) is 1. The van der Waals surface area contributed by atoms with Gasteiger partial charge in [-0.05, 0) is 18.3 Å². The summed E-state index contributed by atoms with van der Waals surface area (Å²) in [5.41, 5.74) is 0.259. The number of carbonyl (C=O) groups excluding carboxylic acids is 1. The Labute approximate surface area is 107 Å². The lowest BCUT2D eigenvalue weighted by Crippen LogP contribution is -2.52. The summed E-state index contributed by atoms with van der Waals surface area (Å²) in [6, 6.07) is -1.31. The maximum Gasteiger partial charge on any atom is 0.328 e. The fraction of sp³-hybridized carbons (Fsp3) is 0.833. The van der Waals surface area contributed by atoms with Gasteiger partial charge < -0.3 is 20.1 Å².